The van der Waals surface area contributed by atoms with Gasteiger partial charge in [-0.25, -0.2) is 9.48 Å². The Morgan fingerprint density at radius 3 is 2.61 bits per heavy atom. The number of rotatable bonds is 4. The third kappa shape index (κ3) is 4.42. The SMILES string of the molecule is CC(C)OC(=O)c1ccc(Cn2nnc3sc4c(c3c2=O)CCC(C(C)(C)C)C4)cc1. The average molecular weight is 440 g/mol. The Kier molecular flexibility index (Phi) is 5.73. The molecule has 1 aliphatic carbocycles. The summed E-state index contributed by atoms with van der Waals surface area (Å²) < 4.78 is 6.64. The van der Waals surface area contributed by atoms with Gasteiger partial charge in [-0.1, -0.05) is 38.1 Å². The van der Waals surface area contributed by atoms with Crippen LogP contribution in [0, 0.1) is 11.3 Å². The molecule has 1 atom stereocenters. The number of hydrogen-bond donors (Lipinski definition) is 0. The van der Waals surface area contributed by atoms with Crippen LogP contribution < -0.4 is 5.56 Å². The molecule has 0 spiro atoms. The minimum Gasteiger partial charge on any atom is -0.459 e. The molecule has 3 aromatic rings. The number of esters is 1. The second kappa shape index (κ2) is 8.19. The van der Waals surface area contributed by atoms with Crippen LogP contribution in [0.15, 0.2) is 29.1 Å². The quantitative estimate of drug-likeness (QED) is 0.555. The van der Waals surface area contributed by atoms with Crippen LogP contribution in [-0.4, -0.2) is 27.1 Å². The van der Waals surface area contributed by atoms with Crippen LogP contribution in [-0.2, 0) is 24.1 Å². The molecular formula is C24H29N3O3S. The topological polar surface area (TPSA) is 74.1 Å². The Bertz CT molecular complexity index is 1170. The van der Waals surface area contributed by atoms with Crippen LogP contribution in [0.2, 0.25) is 0 Å². The Labute approximate surface area is 186 Å². The molecule has 0 saturated heterocycles. The Hall–Kier alpha value is -2.54. The van der Waals surface area contributed by atoms with E-state index in [0.717, 1.165) is 35.0 Å². The second-order valence-electron chi connectivity index (χ2n) is 9.69. The number of ether oxygens (including phenoxy) is 1. The van der Waals surface area contributed by atoms with E-state index in [0.29, 0.717) is 18.0 Å². The molecule has 0 aliphatic heterocycles. The van der Waals surface area contributed by atoms with Gasteiger partial charge in [0.05, 0.1) is 23.6 Å². The number of thiophene rings is 1. The highest BCUT2D eigenvalue weighted by atomic mass is 32.1. The molecule has 31 heavy (non-hydrogen) atoms. The first-order valence-electron chi connectivity index (χ1n) is 10.8. The first-order chi connectivity index (χ1) is 14.6. The molecule has 164 valence electrons. The molecule has 0 fully saturated rings. The van der Waals surface area contributed by atoms with Crippen molar-refractivity contribution >= 4 is 27.5 Å². The van der Waals surface area contributed by atoms with Crippen LogP contribution in [0.5, 0.6) is 0 Å². The molecular weight excluding hydrogens is 410 g/mol. The molecule has 4 rings (SSSR count). The van der Waals surface area contributed by atoms with Crippen molar-refractivity contribution in [1.82, 2.24) is 15.0 Å². The molecule has 2 heterocycles. The lowest BCUT2D eigenvalue weighted by Gasteiger charge is -2.33. The van der Waals surface area contributed by atoms with Gasteiger partial charge in [0, 0.05) is 4.88 Å². The van der Waals surface area contributed by atoms with Gasteiger partial charge in [0.2, 0.25) is 0 Å². The first-order valence-corrected chi connectivity index (χ1v) is 11.6. The number of nitrogens with zero attached hydrogens (tertiary/aromatic N) is 3. The zero-order valence-electron chi connectivity index (χ0n) is 18.8. The lowest BCUT2D eigenvalue weighted by atomic mass is 9.72. The highest BCUT2D eigenvalue weighted by molar-refractivity contribution is 7.18. The number of carbonyl (C=O) groups excluding carboxylic acids is 1. The number of fused-ring (bicyclic) bond motifs is 3. The summed E-state index contributed by atoms with van der Waals surface area (Å²) >= 11 is 1.62. The van der Waals surface area contributed by atoms with E-state index in [-0.39, 0.29) is 23.0 Å². The molecule has 6 nitrogen and oxygen atoms in total. The van der Waals surface area contributed by atoms with E-state index in [4.69, 9.17) is 4.74 Å². The van der Waals surface area contributed by atoms with Crippen LogP contribution in [0.25, 0.3) is 10.2 Å². The van der Waals surface area contributed by atoms with Gasteiger partial charge in [-0.3, -0.25) is 4.79 Å². The van der Waals surface area contributed by atoms with Crippen LogP contribution in [0.3, 0.4) is 0 Å². The van der Waals surface area contributed by atoms with Crippen molar-refractivity contribution in [2.45, 2.75) is 66.5 Å². The van der Waals surface area contributed by atoms with Gasteiger partial charge in [-0.2, -0.15) is 0 Å². The zero-order chi connectivity index (χ0) is 22.3. The number of aryl methyl sites for hydroxylation is 1. The van der Waals surface area contributed by atoms with Gasteiger partial charge in [-0.05, 0) is 67.7 Å². The maximum absolute atomic E-state index is 13.2. The summed E-state index contributed by atoms with van der Waals surface area (Å²) in [5.41, 5.74) is 2.72. The summed E-state index contributed by atoms with van der Waals surface area (Å²) in [6.45, 7) is 10.8. The van der Waals surface area contributed by atoms with Gasteiger partial charge in [0.25, 0.3) is 5.56 Å². The average Bonchev–Trinajstić information content (AvgIpc) is 3.08. The van der Waals surface area contributed by atoms with E-state index < -0.39 is 0 Å². The van der Waals surface area contributed by atoms with Crippen molar-refractivity contribution in [3.8, 4) is 0 Å². The van der Waals surface area contributed by atoms with Crippen molar-refractivity contribution in [3.63, 3.8) is 0 Å². The van der Waals surface area contributed by atoms with Gasteiger partial charge >= 0.3 is 5.97 Å². The van der Waals surface area contributed by atoms with E-state index in [1.165, 1.54) is 15.1 Å². The Balaban J connectivity index is 1.59. The highest BCUT2D eigenvalue weighted by Crippen LogP contribution is 2.41. The van der Waals surface area contributed by atoms with E-state index in [1.807, 2.05) is 26.0 Å². The van der Waals surface area contributed by atoms with E-state index in [2.05, 4.69) is 31.1 Å². The minimum absolute atomic E-state index is 0.0833. The molecule has 2 aromatic heterocycles. The number of carbonyl (C=O) groups is 1. The number of aromatic nitrogens is 3. The van der Waals surface area contributed by atoms with Crippen molar-refractivity contribution in [2.24, 2.45) is 11.3 Å². The maximum atomic E-state index is 13.2. The summed E-state index contributed by atoms with van der Waals surface area (Å²) in [7, 11) is 0. The van der Waals surface area contributed by atoms with Gasteiger partial charge < -0.3 is 4.74 Å². The molecule has 0 radical (unpaired) electrons. The van der Waals surface area contributed by atoms with Crippen molar-refractivity contribution in [2.75, 3.05) is 0 Å². The summed E-state index contributed by atoms with van der Waals surface area (Å²) in [4.78, 5) is 27.3. The second-order valence-corrected chi connectivity index (χ2v) is 10.8. The minimum atomic E-state index is -0.349. The van der Waals surface area contributed by atoms with Gasteiger partial charge in [-0.15, -0.1) is 16.4 Å². The number of benzene rings is 1. The lowest BCUT2D eigenvalue weighted by molar-refractivity contribution is 0.0378. The van der Waals surface area contributed by atoms with Gasteiger partial charge in [0.1, 0.15) is 0 Å². The van der Waals surface area contributed by atoms with Crippen molar-refractivity contribution in [1.29, 1.82) is 0 Å². The van der Waals surface area contributed by atoms with E-state index >= 15 is 0 Å². The molecule has 0 bridgehead atoms. The van der Waals surface area contributed by atoms with Crippen LogP contribution in [0.4, 0.5) is 0 Å². The molecule has 1 unspecified atom stereocenters. The third-order valence-corrected chi connectivity index (χ3v) is 7.17. The highest BCUT2D eigenvalue weighted by Gasteiger charge is 2.31. The molecule has 1 aromatic carbocycles. The smallest absolute Gasteiger partial charge is 0.338 e. The summed E-state index contributed by atoms with van der Waals surface area (Å²) in [5, 5.41) is 9.28. The first kappa shape index (κ1) is 21.7. The maximum Gasteiger partial charge on any atom is 0.338 e. The van der Waals surface area contributed by atoms with Crippen molar-refractivity contribution in [3.05, 3.63) is 56.2 Å². The van der Waals surface area contributed by atoms with E-state index in [1.54, 1.807) is 23.5 Å². The number of hydrogen-bond acceptors (Lipinski definition) is 6. The Morgan fingerprint density at radius 2 is 1.97 bits per heavy atom. The summed E-state index contributed by atoms with van der Waals surface area (Å²) in [6.07, 6.45) is 2.86. The van der Waals surface area contributed by atoms with Crippen molar-refractivity contribution < 1.29 is 9.53 Å². The summed E-state index contributed by atoms with van der Waals surface area (Å²) in [6, 6.07) is 7.09. The molecule has 1 aliphatic rings. The molecule has 7 heteroatoms. The third-order valence-electron chi connectivity index (χ3n) is 6.03. The lowest BCUT2D eigenvalue weighted by Crippen LogP contribution is -2.28. The van der Waals surface area contributed by atoms with Crippen LogP contribution in [0.1, 0.15) is 67.4 Å². The monoisotopic (exact) mass is 439 g/mol. The largest absolute Gasteiger partial charge is 0.459 e. The van der Waals surface area contributed by atoms with Gasteiger partial charge in [0.15, 0.2) is 4.83 Å². The standard InChI is InChI=1S/C24H29N3O3S/c1-14(2)30-23(29)16-8-6-15(7-9-16)13-27-22(28)20-18-11-10-17(24(3,4)5)12-19(18)31-21(20)25-26-27/h6-9,14,17H,10-13H2,1-5H3. The molecule has 0 N–H and O–H groups in total. The Morgan fingerprint density at radius 1 is 1.26 bits per heavy atom. The molecule has 0 saturated carbocycles. The van der Waals surface area contributed by atoms with Crippen LogP contribution >= 0.6 is 11.3 Å². The fraction of sp³-hybridized carbons (Fsp3) is 0.500. The predicted octanol–water partition coefficient (Wildman–Crippen LogP) is 4.62. The fourth-order valence-corrected chi connectivity index (χ4v) is 5.41. The zero-order valence-corrected chi connectivity index (χ0v) is 19.6. The fourth-order valence-electron chi connectivity index (χ4n) is 4.17. The predicted molar refractivity (Wildman–Crippen MR) is 123 cm³/mol. The molecule has 0 amide bonds. The normalized spacial score (nSPS) is 16.5. The summed E-state index contributed by atoms with van der Waals surface area (Å²) in [5.74, 6) is 0.266. The van der Waals surface area contributed by atoms with E-state index in [9.17, 15) is 9.59 Å².